The van der Waals surface area contributed by atoms with Gasteiger partial charge in [0.05, 0.1) is 12.3 Å². The summed E-state index contributed by atoms with van der Waals surface area (Å²) in [5.74, 6) is 0.952. The fraction of sp³-hybridized carbons (Fsp3) is 0.438. The summed E-state index contributed by atoms with van der Waals surface area (Å²) in [5.41, 5.74) is 1.09. The van der Waals surface area contributed by atoms with E-state index in [2.05, 4.69) is 34.9 Å². The van der Waals surface area contributed by atoms with Crippen LogP contribution in [0.1, 0.15) is 18.5 Å². The molecule has 2 aromatic rings. The Morgan fingerprint density at radius 3 is 2.95 bits per heavy atom. The molecule has 1 aromatic carbocycles. The second-order valence-corrected chi connectivity index (χ2v) is 5.26. The number of nitrogens with one attached hydrogen (secondary N) is 2. The molecule has 0 unspecified atom stereocenters. The van der Waals surface area contributed by atoms with Gasteiger partial charge in [0.15, 0.2) is 0 Å². The number of ether oxygens (including phenoxy) is 1. The fourth-order valence-electron chi connectivity index (χ4n) is 2.29. The second-order valence-electron chi connectivity index (χ2n) is 5.26. The number of hydrogen-bond acceptors (Lipinski definition) is 4. The van der Waals surface area contributed by atoms with Crippen LogP contribution in [0, 0.1) is 0 Å². The van der Waals surface area contributed by atoms with E-state index in [4.69, 9.17) is 9.72 Å². The van der Waals surface area contributed by atoms with Crippen molar-refractivity contribution >= 4 is 16.6 Å². The van der Waals surface area contributed by atoms with Gasteiger partial charge >= 0.3 is 0 Å². The van der Waals surface area contributed by atoms with E-state index in [0.717, 1.165) is 24.6 Å². The first-order valence-electron chi connectivity index (χ1n) is 7.21. The lowest BCUT2D eigenvalue weighted by molar-refractivity contribution is 0.210. The largest absolute Gasteiger partial charge is 0.383 e. The van der Waals surface area contributed by atoms with E-state index in [1.165, 1.54) is 23.6 Å². The van der Waals surface area contributed by atoms with Crippen LogP contribution < -0.4 is 10.6 Å². The maximum atomic E-state index is 5.09. The van der Waals surface area contributed by atoms with Crippen LogP contribution in [-0.2, 0) is 11.3 Å². The summed E-state index contributed by atoms with van der Waals surface area (Å²) in [6.45, 7) is 2.29. The summed E-state index contributed by atoms with van der Waals surface area (Å²) in [5, 5.41) is 9.28. The summed E-state index contributed by atoms with van der Waals surface area (Å²) >= 11 is 0. The van der Waals surface area contributed by atoms with Crippen molar-refractivity contribution in [3.8, 4) is 0 Å². The van der Waals surface area contributed by atoms with Crippen molar-refractivity contribution in [1.29, 1.82) is 0 Å². The first-order chi connectivity index (χ1) is 9.86. The summed E-state index contributed by atoms with van der Waals surface area (Å²) in [6.07, 6.45) is 2.60. The summed E-state index contributed by atoms with van der Waals surface area (Å²) in [7, 11) is 1.71. The molecule has 0 amide bonds. The van der Waals surface area contributed by atoms with E-state index in [1.807, 2.05) is 6.07 Å². The molecule has 2 N–H and O–H groups in total. The van der Waals surface area contributed by atoms with E-state index in [0.29, 0.717) is 12.6 Å². The van der Waals surface area contributed by atoms with E-state index in [-0.39, 0.29) is 0 Å². The van der Waals surface area contributed by atoms with Crippen molar-refractivity contribution in [3.63, 3.8) is 0 Å². The molecule has 0 aliphatic heterocycles. The zero-order valence-electron chi connectivity index (χ0n) is 11.9. The molecule has 4 nitrogen and oxygen atoms in total. The molecule has 1 aromatic heterocycles. The molecule has 0 spiro atoms. The van der Waals surface area contributed by atoms with Gasteiger partial charge in [0, 0.05) is 31.6 Å². The number of methoxy groups -OCH3 is 1. The van der Waals surface area contributed by atoms with Crippen molar-refractivity contribution < 1.29 is 4.74 Å². The van der Waals surface area contributed by atoms with Gasteiger partial charge in [0.1, 0.15) is 5.82 Å². The van der Waals surface area contributed by atoms with E-state index in [9.17, 15) is 0 Å². The highest BCUT2D eigenvalue weighted by atomic mass is 16.5. The standard InChI is InChI=1S/C16H21N3O/c1-20-9-8-17-16-15-5-3-2-4-12(15)10-14(19-16)11-18-13-6-7-13/h2-5,10,13,18H,6-9,11H2,1H3,(H,17,19). The minimum atomic E-state index is 0.681. The van der Waals surface area contributed by atoms with Crippen LogP contribution in [0.5, 0.6) is 0 Å². The molecule has 0 atom stereocenters. The van der Waals surface area contributed by atoms with Gasteiger partial charge < -0.3 is 15.4 Å². The second kappa shape index (κ2) is 6.20. The summed E-state index contributed by atoms with van der Waals surface area (Å²) in [4.78, 5) is 4.74. The van der Waals surface area contributed by atoms with Crippen LogP contribution in [-0.4, -0.2) is 31.3 Å². The quantitative estimate of drug-likeness (QED) is 0.760. The van der Waals surface area contributed by atoms with Crippen molar-refractivity contribution in [2.45, 2.75) is 25.4 Å². The number of pyridine rings is 1. The Kier molecular flexibility index (Phi) is 4.14. The topological polar surface area (TPSA) is 46.2 Å². The van der Waals surface area contributed by atoms with Crippen molar-refractivity contribution in [2.75, 3.05) is 25.6 Å². The SMILES string of the molecule is COCCNc1nc(CNC2CC2)cc2ccccc12. The number of hydrogen-bond donors (Lipinski definition) is 2. The van der Waals surface area contributed by atoms with E-state index in [1.54, 1.807) is 7.11 Å². The first-order valence-corrected chi connectivity index (χ1v) is 7.21. The smallest absolute Gasteiger partial charge is 0.134 e. The number of nitrogens with zero attached hydrogens (tertiary/aromatic N) is 1. The molecule has 1 heterocycles. The number of aromatic nitrogens is 1. The van der Waals surface area contributed by atoms with Crippen LogP contribution in [0.4, 0.5) is 5.82 Å². The predicted molar refractivity (Wildman–Crippen MR) is 82.0 cm³/mol. The highest BCUT2D eigenvalue weighted by molar-refractivity contribution is 5.92. The molecule has 0 radical (unpaired) electrons. The maximum Gasteiger partial charge on any atom is 0.134 e. The zero-order chi connectivity index (χ0) is 13.8. The van der Waals surface area contributed by atoms with Crippen molar-refractivity contribution in [2.24, 2.45) is 0 Å². The molecular formula is C16H21N3O. The molecular weight excluding hydrogens is 250 g/mol. The molecule has 1 saturated carbocycles. The molecule has 1 aliphatic rings. The average Bonchev–Trinajstić information content (AvgIpc) is 3.29. The molecule has 106 valence electrons. The predicted octanol–water partition coefficient (Wildman–Crippen LogP) is 2.55. The Morgan fingerprint density at radius 2 is 2.15 bits per heavy atom. The minimum absolute atomic E-state index is 0.681. The van der Waals surface area contributed by atoms with Crippen LogP contribution >= 0.6 is 0 Å². The lowest BCUT2D eigenvalue weighted by Gasteiger charge is -2.11. The molecule has 0 saturated heterocycles. The van der Waals surface area contributed by atoms with Gasteiger partial charge in [0.25, 0.3) is 0 Å². The number of anilines is 1. The molecule has 1 fully saturated rings. The highest BCUT2D eigenvalue weighted by Gasteiger charge is 2.20. The third kappa shape index (κ3) is 3.26. The lowest BCUT2D eigenvalue weighted by Crippen LogP contribution is -2.17. The van der Waals surface area contributed by atoms with Gasteiger partial charge in [-0.05, 0) is 24.3 Å². The summed E-state index contributed by atoms with van der Waals surface area (Å²) in [6, 6.07) is 11.2. The Balaban J connectivity index is 1.83. The molecule has 1 aliphatic carbocycles. The van der Waals surface area contributed by atoms with Crippen molar-refractivity contribution in [1.82, 2.24) is 10.3 Å². The van der Waals surface area contributed by atoms with Gasteiger partial charge in [0.2, 0.25) is 0 Å². The van der Waals surface area contributed by atoms with E-state index < -0.39 is 0 Å². The first kappa shape index (κ1) is 13.3. The van der Waals surface area contributed by atoms with Crippen LogP contribution in [0.2, 0.25) is 0 Å². The van der Waals surface area contributed by atoms with Crippen LogP contribution in [0.15, 0.2) is 30.3 Å². The van der Waals surface area contributed by atoms with Gasteiger partial charge in [-0.2, -0.15) is 0 Å². The lowest BCUT2D eigenvalue weighted by atomic mass is 10.1. The Morgan fingerprint density at radius 1 is 1.30 bits per heavy atom. The molecule has 4 heteroatoms. The Hall–Kier alpha value is -1.65. The Labute approximate surface area is 119 Å². The minimum Gasteiger partial charge on any atom is -0.383 e. The van der Waals surface area contributed by atoms with E-state index >= 15 is 0 Å². The van der Waals surface area contributed by atoms with Crippen LogP contribution in [0.3, 0.4) is 0 Å². The normalized spacial score (nSPS) is 14.7. The molecule has 0 bridgehead atoms. The van der Waals surface area contributed by atoms with Gasteiger partial charge in [-0.1, -0.05) is 24.3 Å². The molecule has 20 heavy (non-hydrogen) atoms. The number of rotatable bonds is 7. The van der Waals surface area contributed by atoms with Gasteiger partial charge in [-0.3, -0.25) is 0 Å². The zero-order valence-corrected chi connectivity index (χ0v) is 11.9. The molecule has 3 rings (SSSR count). The third-order valence-electron chi connectivity index (χ3n) is 3.54. The van der Waals surface area contributed by atoms with Gasteiger partial charge in [-0.15, -0.1) is 0 Å². The Bertz CT molecular complexity index is 581. The van der Waals surface area contributed by atoms with Crippen LogP contribution in [0.25, 0.3) is 10.8 Å². The van der Waals surface area contributed by atoms with Gasteiger partial charge in [-0.25, -0.2) is 4.98 Å². The average molecular weight is 271 g/mol. The number of benzene rings is 1. The highest BCUT2D eigenvalue weighted by Crippen LogP contribution is 2.23. The number of fused-ring (bicyclic) bond motifs is 1. The van der Waals surface area contributed by atoms with Crippen molar-refractivity contribution in [3.05, 3.63) is 36.0 Å². The summed E-state index contributed by atoms with van der Waals surface area (Å²) < 4.78 is 5.09. The fourth-order valence-corrected chi connectivity index (χ4v) is 2.29. The third-order valence-corrected chi connectivity index (χ3v) is 3.54. The monoisotopic (exact) mass is 271 g/mol. The maximum absolute atomic E-state index is 5.09.